The second-order valence-electron chi connectivity index (χ2n) is 9.62. The molecule has 0 bridgehead atoms. The van der Waals surface area contributed by atoms with Crippen molar-refractivity contribution in [2.24, 2.45) is 0 Å². The summed E-state index contributed by atoms with van der Waals surface area (Å²) in [6.45, 7) is 7.95. The second-order valence-corrected chi connectivity index (χ2v) is 9.62. The van der Waals surface area contributed by atoms with Crippen LogP contribution in [0.1, 0.15) is 33.4 Å². The van der Waals surface area contributed by atoms with Gasteiger partial charge in [-0.1, -0.05) is 48.6 Å². The van der Waals surface area contributed by atoms with Crippen molar-refractivity contribution in [1.29, 1.82) is 0 Å². The van der Waals surface area contributed by atoms with Crippen LogP contribution in [0.15, 0.2) is 98.1 Å². The molecule has 6 rings (SSSR count). The quantitative estimate of drug-likeness (QED) is 0.228. The van der Waals surface area contributed by atoms with Gasteiger partial charge in [-0.2, -0.15) is 0 Å². The van der Waals surface area contributed by atoms with E-state index in [2.05, 4.69) is 86.0 Å². The highest BCUT2D eigenvalue weighted by Crippen LogP contribution is 2.39. The number of allylic oxidation sites excluding steroid dienone is 2. The third kappa shape index (κ3) is 4.13. The van der Waals surface area contributed by atoms with Crippen molar-refractivity contribution in [1.82, 2.24) is 0 Å². The molecular weight excluding hydrogens is 440 g/mol. The number of rotatable bonds is 9. The van der Waals surface area contributed by atoms with E-state index in [-0.39, 0.29) is 0 Å². The molecule has 2 aliphatic carbocycles. The molecule has 0 aliphatic heterocycles. The Hall–Kier alpha value is -4.04. The summed E-state index contributed by atoms with van der Waals surface area (Å²) in [5.41, 5.74) is 10.0. The molecule has 2 heteroatoms. The Morgan fingerprint density at radius 2 is 1.03 bits per heavy atom. The lowest BCUT2D eigenvalue weighted by Gasteiger charge is -2.23. The van der Waals surface area contributed by atoms with Crippen molar-refractivity contribution >= 4 is 0 Å². The fraction of sp³-hybridized carbons (Fsp3) is 0.176. The fourth-order valence-electron chi connectivity index (χ4n) is 5.20. The summed E-state index contributed by atoms with van der Waals surface area (Å²) in [5, 5.41) is 0. The van der Waals surface area contributed by atoms with Crippen molar-refractivity contribution < 1.29 is 9.47 Å². The molecule has 0 unspecified atom stereocenters. The summed E-state index contributed by atoms with van der Waals surface area (Å²) in [6.07, 6.45) is 9.83. The van der Waals surface area contributed by atoms with Gasteiger partial charge in [-0.25, -0.2) is 0 Å². The van der Waals surface area contributed by atoms with Crippen LogP contribution >= 0.6 is 0 Å². The number of benzene rings is 4. The molecule has 0 heterocycles. The average molecular weight is 471 g/mol. The minimum atomic E-state index is 0.748. The molecule has 0 spiro atoms. The van der Waals surface area contributed by atoms with E-state index in [1.165, 1.54) is 22.3 Å². The maximum atomic E-state index is 6.41. The van der Waals surface area contributed by atoms with Crippen molar-refractivity contribution in [3.8, 4) is 34.1 Å². The summed E-state index contributed by atoms with van der Waals surface area (Å²) in [7, 11) is 0. The average Bonchev–Trinajstić information content (AvgIpc) is 2.84. The van der Waals surface area contributed by atoms with E-state index >= 15 is 0 Å². The zero-order valence-corrected chi connectivity index (χ0v) is 20.6. The predicted octanol–water partition coefficient (Wildman–Crippen LogP) is 8.59. The van der Waals surface area contributed by atoms with Crippen molar-refractivity contribution in [2.75, 3.05) is 0 Å². The number of hydrogen-bond donors (Lipinski definition) is 0. The number of fused-ring (bicyclic) bond motifs is 2. The molecular formula is C34H30O2. The lowest BCUT2D eigenvalue weighted by Crippen LogP contribution is -2.09. The number of aryl methyl sites for hydroxylation is 2. The minimum absolute atomic E-state index is 0.748. The van der Waals surface area contributed by atoms with Gasteiger partial charge in [0.15, 0.2) is 0 Å². The van der Waals surface area contributed by atoms with Crippen LogP contribution in [-0.2, 0) is 38.5 Å². The molecule has 0 radical (unpaired) electrons. The predicted molar refractivity (Wildman–Crippen MR) is 148 cm³/mol. The first-order valence-corrected chi connectivity index (χ1v) is 12.8. The smallest absolute Gasteiger partial charge is 0.130 e. The second kappa shape index (κ2) is 9.54. The number of hydrogen-bond acceptors (Lipinski definition) is 2. The molecule has 0 saturated carbocycles. The van der Waals surface area contributed by atoms with E-state index in [9.17, 15) is 0 Å². The highest BCUT2D eigenvalue weighted by atomic mass is 16.5. The molecule has 178 valence electrons. The van der Waals surface area contributed by atoms with Gasteiger partial charge in [0.05, 0.1) is 0 Å². The van der Waals surface area contributed by atoms with Crippen molar-refractivity contribution in [3.63, 3.8) is 0 Å². The standard InChI is InChI=1S/C34H30O2/c1-3-7-27-21-25(15-19-31(27)35-33-11-5-9-23-13-17-29(23)33)26-16-20-32(28(22-26)8-4-2)36-34-12-6-10-24-14-18-30(24)34/h3-6,9-12,15-16,19-22H,1-2,7-8,13-14,17-18H2. The molecule has 0 saturated heterocycles. The third-order valence-electron chi connectivity index (χ3n) is 7.37. The summed E-state index contributed by atoms with van der Waals surface area (Å²) >= 11 is 0. The summed E-state index contributed by atoms with van der Waals surface area (Å²) in [4.78, 5) is 0. The summed E-state index contributed by atoms with van der Waals surface area (Å²) < 4.78 is 12.8. The van der Waals surface area contributed by atoms with Crippen LogP contribution in [0.2, 0.25) is 0 Å². The Morgan fingerprint density at radius 1 is 0.556 bits per heavy atom. The Balaban J connectivity index is 1.31. The van der Waals surface area contributed by atoms with Gasteiger partial charge in [-0.15, -0.1) is 13.2 Å². The molecule has 0 aromatic heterocycles. The van der Waals surface area contributed by atoms with Gasteiger partial charge < -0.3 is 9.47 Å². The van der Waals surface area contributed by atoms with Crippen LogP contribution in [0.4, 0.5) is 0 Å². The topological polar surface area (TPSA) is 18.5 Å². The minimum Gasteiger partial charge on any atom is -0.457 e. The van der Waals surface area contributed by atoms with Gasteiger partial charge in [0, 0.05) is 0 Å². The maximum absolute atomic E-state index is 6.41. The lowest BCUT2D eigenvalue weighted by molar-refractivity contribution is 0.465. The van der Waals surface area contributed by atoms with Crippen molar-refractivity contribution in [3.05, 3.63) is 131 Å². The van der Waals surface area contributed by atoms with Gasteiger partial charge in [-0.05, 0) is 119 Å². The van der Waals surface area contributed by atoms with Crippen LogP contribution in [0.25, 0.3) is 11.1 Å². The first-order valence-electron chi connectivity index (χ1n) is 12.8. The van der Waals surface area contributed by atoms with E-state index in [1.807, 2.05) is 12.2 Å². The molecule has 0 atom stereocenters. The van der Waals surface area contributed by atoms with Gasteiger partial charge in [0.25, 0.3) is 0 Å². The van der Waals surface area contributed by atoms with E-state index < -0.39 is 0 Å². The van der Waals surface area contributed by atoms with Crippen LogP contribution in [0, 0.1) is 0 Å². The van der Waals surface area contributed by atoms with E-state index in [4.69, 9.17) is 9.47 Å². The SMILES string of the molecule is C=CCc1cc(-c2ccc(Oc3cccc4c3CC4)c(CC=C)c2)ccc1Oc1cccc2c1CC2. The Labute approximate surface area is 213 Å². The van der Waals surface area contributed by atoms with E-state index in [1.54, 1.807) is 0 Å². The van der Waals surface area contributed by atoms with E-state index in [0.29, 0.717) is 0 Å². The highest BCUT2D eigenvalue weighted by molar-refractivity contribution is 5.68. The first-order chi connectivity index (χ1) is 17.7. The molecule has 2 aliphatic rings. The van der Waals surface area contributed by atoms with Crippen LogP contribution in [0.5, 0.6) is 23.0 Å². The summed E-state index contributed by atoms with van der Waals surface area (Å²) in [6, 6.07) is 25.6. The lowest BCUT2D eigenvalue weighted by atomic mass is 9.88. The maximum Gasteiger partial charge on any atom is 0.130 e. The molecule has 36 heavy (non-hydrogen) atoms. The molecule has 0 fully saturated rings. The molecule has 0 N–H and O–H groups in total. The van der Waals surface area contributed by atoms with Gasteiger partial charge in [0.1, 0.15) is 23.0 Å². The monoisotopic (exact) mass is 470 g/mol. The van der Waals surface area contributed by atoms with Crippen molar-refractivity contribution in [2.45, 2.75) is 38.5 Å². The van der Waals surface area contributed by atoms with Gasteiger partial charge in [0.2, 0.25) is 0 Å². The highest BCUT2D eigenvalue weighted by Gasteiger charge is 2.20. The van der Waals surface area contributed by atoms with Crippen LogP contribution < -0.4 is 9.47 Å². The van der Waals surface area contributed by atoms with Gasteiger partial charge >= 0.3 is 0 Å². The van der Waals surface area contributed by atoms with E-state index in [0.717, 1.165) is 83.8 Å². The van der Waals surface area contributed by atoms with Crippen LogP contribution in [0.3, 0.4) is 0 Å². The zero-order chi connectivity index (χ0) is 24.5. The molecule has 4 aromatic carbocycles. The first kappa shape index (κ1) is 22.4. The van der Waals surface area contributed by atoms with Crippen LogP contribution in [-0.4, -0.2) is 0 Å². The molecule has 4 aromatic rings. The number of ether oxygens (including phenoxy) is 2. The molecule has 0 amide bonds. The van der Waals surface area contributed by atoms with Gasteiger partial charge in [-0.3, -0.25) is 0 Å². The Bertz CT molecular complexity index is 1360. The molecule has 2 nitrogen and oxygen atoms in total. The Kier molecular flexibility index (Phi) is 5.95. The normalized spacial score (nSPS) is 13.0. The summed E-state index contributed by atoms with van der Waals surface area (Å²) in [5.74, 6) is 3.74. The Morgan fingerprint density at radius 3 is 1.42 bits per heavy atom. The fourth-order valence-corrected chi connectivity index (χ4v) is 5.20. The third-order valence-corrected chi connectivity index (χ3v) is 7.37. The zero-order valence-electron chi connectivity index (χ0n) is 20.6. The largest absolute Gasteiger partial charge is 0.457 e.